The molecule has 1 N–H and O–H groups in total. The summed E-state index contributed by atoms with van der Waals surface area (Å²) < 4.78 is 40.9. The van der Waals surface area contributed by atoms with Crippen molar-refractivity contribution in [1.82, 2.24) is 10.2 Å². The summed E-state index contributed by atoms with van der Waals surface area (Å²) in [4.78, 5) is 30.1. The van der Waals surface area contributed by atoms with E-state index in [1.807, 2.05) is 51.1 Å². The highest BCUT2D eigenvalue weighted by Gasteiger charge is 2.36. The van der Waals surface area contributed by atoms with Gasteiger partial charge in [-0.1, -0.05) is 72.3 Å². The van der Waals surface area contributed by atoms with E-state index in [2.05, 4.69) is 5.32 Å². The minimum Gasteiger partial charge on any atom is -0.486 e. The molecule has 1 heterocycles. The van der Waals surface area contributed by atoms with Crippen molar-refractivity contribution >= 4 is 39.1 Å². The summed E-state index contributed by atoms with van der Waals surface area (Å²) in [5, 5.41) is 3.55. The number of halogens is 1. The molecular formula is C36H38ClN3O6S. The minimum atomic E-state index is -4.25. The molecule has 11 heteroatoms. The van der Waals surface area contributed by atoms with E-state index in [-0.39, 0.29) is 29.5 Å². The number of carbonyl (C=O) groups excluding carboxylic acids is 2. The van der Waals surface area contributed by atoms with Crippen LogP contribution in [0.4, 0.5) is 5.69 Å². The molecule has 1 aliphatic rings. The second-order valence-corrected chi connectivity index (χ2v) is 14.5. The molecule has 0 bridgehead atoms. The van der Waals surface area contributed by atoms with Crippen molar-refractivity contribution in [2.24, 2.45) is 0 Å². The number of benzene rings is 4. The second kappa shape index (κ2) is 14.5. The van der Waals surface area contributed by atoms with E-state index in [1.165, 1.54) is 17.0 Å². The van der Waals surface area contributed by atoms with Crippen LogP contribution in [0.2, 0.25) is 5.02 Å². The number of rotatable bonds is 11. The van der Waals surface area contributed by atoms with Crippen molar-refractivity contribution in [1.29, 1.82) is 0 Å². The van der Waals surface area contributed by atoms with E-state index in [0.717, 1.165) is 15.4 Å². The smallest absolute Gasteiger partial charge is 0.264 e. The Morgan fingerprint density at radius 1 is 0.830 bits per heavy atom. The molecule has 0 fully saturated rings. The van der Waals surface area contributed by atoms with Gasteiger partial charge in [-0.05, 0) is 68.3 Å². The first kappa shape index (κ1) is 33.8. The number of anilines is 1. The molecule has 1 aliphatic heterocycles. The van der Waals surface area contributed by atoms with E-state index < -0.39 is 34.1 Å². The van der Waals surface area contributed by atoms with E-state index in [1.54, 1.807) is 60.7 Å². The molecule has 0 saturated heterocycles. The number of nitrogens with zero attached hydrogens (tertiary/aromatic N) is 2. The molecule has 4 aromatic carbocycles. The van der Waals surface area contributed by atoms with Gasteiger partial charge in [0.1, 0.15) is 25.8 Å². The van der Waals surface area contributed by atoms with Gasteiger partial charge in [0.25, 0.3) is 10.0 Å². The monoisotopic (exact) mass is 675 g/mol. The fraction of sp³-hybridized carbons (Fsp3) is 0.278. The third-order valence-electron chi connectivity index (χ3n) is 7.46. The summed E-state index contributed by atoms with van der Waals surface area (Å²) in [5.74, 6) is -0.0756. The standard InChI is InChI=1S/C36H38ClN3O6S/c1-36(2,3)38-35(42)31(22-26-10-6-4-7-11-26)39(24-27-14-16-28(37)17-15-27)34(41)25-40(47(43,44)30-12-8-5-9-13-30)29-18-19-32-33(23-29)46-21-20-45-32/h4-19,23,31H,20-22,24-25H2,1-3H3,(H,38,42)/t31-/m1/s1. The maximum atomic E-state index is 14.6. The summed E-state index contributed by atoms with van der Waals surface area (Å²) in [6, 6.07) is 28.1. The molecule has 246 valence electrons. The van der Waals surface area contributed by atoms with Crippen molar-refractivity contribution in [2.75, 3.05) is 24.1 Å². The minimum absolute atomic E-state index is 0.0123. The number of ether oxygens (including phenoxy) is 2. The molecular weight excluding hydrogens is 638 g/mol. The Labute approximate surface area is 281 Å². The lowest BCUT2D eigenvalue weighted by atomic mass is 10.0. The largest absolute Gasteiger partial charge is 0.486 e. The Hall–Kier alpha value is -4.54. The number of hydrogen-bond donors (Lipinski definition) is 1. The molecule has 0 aromatic heterocycles. The van der Waals surface area contributed by atoms with Gasteiger partial charge in [0.2, 0.25) is 11.8 Å². The number of fused-ring (bicyclic) bond motifs is 1. The van der Waals surface area contributed by atoms with E-state index in [9.17, 15) is 18.0 Å². The van der Waals surface area contributed by atoms with Crippen LogP contribution in [0, 0.1) is 0 Å². The Bertz CT molecular complexity index is 1800. The van der Waals surface area contributed by atoms with Crippen molar-refractivity contribution < 1.29 is 27.5 Å². The van der Waals surface area contributed by atoms with Gasteiger partial charge in [-0.2, -0.15) is 0 Å². The quantitative estimate of drug-likeness (QED) is 0.214. The Balaban J connectivity index is 1.59. The summed E-state index contributed by atoms with van der Waals surface area (Å²) in [6.07, 6.45) is 0.206. The van der Waals surface area contributed by atoms with Crippen LogP contribution in [0.5, 0.6) is 11.5 Å². The maximum Gasteiger partial charge on any atom is 0.264 e. The zero-order valence-corrected chi connectivity index (χ0v) is 28.1. The van der Waals surface area contributed by atoms with Crippen LogP contribution >= 0.6 is 11.6 Å². The third kappa shape index (κ3) is 8.64. The van der Waals surface area contributed by atoms with Crippen LogP contribution in [0.3, 0.4) is 0 Å². The molecule has 1 atom stereocenters. The molecule has 47 heavy (non-hydrogen) atoms. The van der Waals surface area contributed by atoms with Crippen LogP contribution < -0.4 is 19.1 Å². The van der Waals surface area contributed by atoms with Gasteiger partial charge in [0.15, 0.2) is 11.5 Å². The molecule has 0 saturated carbocycles. The molecule has 0 radical (unpaired) electrons. The van der Waals surface area contributed by atoms with Crippen molar-refractivity contribution in [3.63, 3.8) is 0 Å². The van der Waals surface area contributed by atoms with Crippen molar-refractivity contribution in [2.45, 2.75) is 50.2 Å². The zero-order chi connectivity index (χ0) is 33.6. The van der Waals surface area contributed by atoms with Gasteiger partial charge < -0.3 is 19.7 Å². The predicted octanol–water partition coefficient (Wildman–Crippen LogP) is 5.86. The van der Waals surface area contributed by atoms with Crippen LogP contribution in [0.25, 0.3) is 0 Å². The van der Waals surface area contributed by atoms with E-state index >= 15 is 0 Å². The number of carbonyl (C=O) groups is 2. The Kier molecular flexibility index (Phi) is 10.4. The Morgan fingerprint density at radius 3 is 2.09 bits per heavy atom. The van der Waals surface area contributed by atoms with Gasteiger partial charge in [-0.3, -0.25) is 13.9 Å². The summed E-state index contributed by atoms with van der Waals surface area (Å²) in [6.45, 7) is 5.73. The zero-order valence-electron chi connectivity index (χ0n) is 26.6. The van der Waals surface area contributed by atoms with Crippen molar-refractivity contribution in [3.8, 4) is 11.5 Å². The molecule has 0 spiro atoms. The number of nitrogens with one attached hydrogen (secondary N) is 1. The maximum absolute atomic E-state index is 14.6. The molecule has 4 aromatic rings. The molecule has 2 amide bonds. The van der Waals surface area contributed by atoms with Gasteiger partial charge >= 0.3 is 0 Å². The number of sulfonamides is 1. The van der Waals surface area contributed by atoms with E-state index in [4.69, 9.17) is 21.1 Å². The Morgan fingerprint density at radius 2 is 1.45 bits per heavy atom. The number of hydrogen-bond acceptors (Lipinski definition) is 6. The van der Waals surface area contributed by atoms with Crippen LogP contribution in [-0.2, 0) is 32.6 Å². The summed E-state index contributed by atoms with van der Waals surface area (Å²) in [5.41, 5.74) is 1.20. The first-order valence-electron chi connectivity index (χ1n) is 15.3. The fourth-order valence-corrected chi connectivity index (χ4v) is 6.78. The van der Waals surface area contributed by atoms with Crippen molar-refractivity contribution in [3.05, 3.63) is 119 Å². The fourth-order valence-electron chi connectivity index (χ4n) is 5.23. The molecule has 5 rings (SSSR count). The summed E-state index contributed by atoms with van der Waals surface area (Å²) >= 11 is 6.16. The highest BCUT2D eigenvalue weighted by Crippen LogP contribution is 2.36. The lowest BCUT2D eigenvalue weighted by Gasteiger charge is -2.35. The average molecular weight is 676 g/mol. The molecule has 0 aliphatic carbocycles. The highest BCUT2D eigenvalue weighted by atomic mass is 35.5. The summed E-state index contributed by atoms with van der Waals surface area (Å²) in [7, 11) is -4.25. The van der Waals surface area contributed by atoms with Gasteiger partial charge in [0, 0.05) is 29.6 Å². The lowest BCUT2D eigenvalue weighted by Crippen LogP contribution is -2.56. The van der Waals surface area contributed by atoms with Gasteiger partial charge in [0.05, 0.1) is 10.6 Å². The number of amides is 2. The third-order valence-corrected chi connectivity index (χ3v) is 9.50. The second-order valence-electron chi connectivity index (χ2n) is 12.2. The predicted molar refractivity (Wildman–Crippen MR) is 182 cm³/mol. The SMILES string of the molecule is CC(C)(C)NC(=O)[C@@H](Cc1ccccc1)N(Cc1ccc(Cl)cc1)C(=O)CN(c1ccc2c(c1)OCCO2)S(=O)(=O)c1ccccc1. The van der Waals surface area contributed by atoms with Crippen LogP contribution in [0.1, 0.15) is 31.9 Å². The normalized spacial score (nSPS) is 13.4. The topological polar surface area (TPSA) is 105 Å². The van der Waals surface area contributed by atoms with Crippen LogP contribution in [-0.4, -0.2) is 56.5 Å². The van der Waals surface area contributed by atoms with Gasteiger partial charge in [-0.15, -0.1) is 0 Å². The average Bonchev–Trinajstić information content (AvgIpc) is 3.05. The molecule has 9 nitrogen and oxygen atoms in total. The van der Waals surface area contributed by atoms with Gasteiger partial charge in [-0.25, -0.2) is 8.42 Å². The first-order valence-corrected chi connectivity index (χ1v) is 17.1. The molecule has 0 unspecified atom stereocenters. The highest BCUT2D eigenvalue weighted by molar-refractivity contribution is 7.92. The van der Waals surface area contributed by atoms with Crippen LogP contribution in [0.15, 0.2) is 108 Å². The first-order chi connectivity index (χ1) is 22.4. The lowest BCUT2D eigenvalue weighted by molar-refractivity contribution is -0.140. The van der Waals surface area contributed by atoms with E-state index in [0.29, 0.717) is 29.7 Å².